The average Bonchev–Trinajstić information content (AvgIpc) is 4.07. The van der Waals surface area contributed by atoms with Gasteiger partial charge in [-0.3, -0.25) is 0 Å². The Labute approximate surface area is 446 Å². The van der Waals surface area contributed by atoms with Crippen molar-refractivity contribution in [1.82, 2.24) is 19.8 Å². The van der Waals surface area contributed by atoms with E-state index in [0.717, 1.165) is 46.7 Å². The van der Waals surface area contributed by atoms with Gasteiger partial charge < -0.3 is 37.9 Å². The maximum atomic E-state index is 12.5. The molecule has 2 amide bonds. The largest absolute Gasteiger partial charge is 0.445 e. The molecule has 10 aromatic rings. The van der Waals surface area contributed by atoms with Crippen LogP contribution in [0.4, 0.5) is 21.6 Å². The molecule has 15 heteroatoms. The summed E-state index contributed by atoms with van der Waals surface area (Å²) < 4.78 is 23.9. The van der Waals surface area contributed by atoms with Crippen LogP contribution in [0.5, 0.6) is 0 Å². The first-order chi connectivity index (χ1) is 35.8. The van der Waals surface area contributed by atoms with Crippen LogP contribution in [-0.4, -0.2) is 84.3 Å². The Kier molecular flexibility index (Phi) is 15.9. The fraction of sp³-hybridized carbons (Fsp3) is 0.172. The topological polar surface area (TPSA) is 118 Å². The molecule has 73 heavy (non-hydrogen) atoms. The number of carbonyl (C=O) groups excluding carboxylic acids is 2. The number of nitrogens with zero attached hydrogens (tertiary/aromatic N) is 6. The molecule has 368 valence electrons. The van der Waals surface area contributed by atoms with Gasteiger partial charge in [-0.2, -0.15) is 9.97 Å². The third-order valence-electron chi connectivity index (χ3n) is 12.5. The molecule has 2 aliphatic rings. The van der Waals surface area contributed by atoms with E-state index in [1.807, 2.05) is 109 Å². The minimum Gasteiger partial charge on any atom is -0.445 e. The number of fused-ring (bicyclic) bond motifs is 4. The maximum absolute atomic E-state index is 12.5. The molecule has 2 aromatic heterocycles. The zero-order valence-electron chi connectivity index (χ0n) is 39.8. The number of hydrogen-bond donors (Lipinski definition) is 1. The van der Waals surface area contributed by atoms with Crippen molar-refractivity contribution in [3.05, 3.63) is 197 Å². The van der Waals surface area contributed by atoms with E-state index in [-0.39, 0.29) is 18.8 Å². The molecule has 8 aromatic carbocycles. The third kappa shape index (κ3) is 12.5. The number of thiol groups is 1. The fourth-order valence-electron chi connectivity index (χ4n) is 8.52. The number of benzene rings is 8. The molecule has 0 bridgehead atoms. The van der Waals surface area contributed by atoms with E-state index in [9.17, 15) is 9.59 Å². The first kappa shape index (κ1) is 49.4. The zero-order chi connectivity index (χ0) is 49.9. The Bertz CT molecular complexity index is 3460. The summed E-state index contributed by atoms with van der Waals surface area (Å²) in [7, 11) is 0. The summed E-state index contributed by atoms with van der Waals surface area (Å²) in [6.07, 6.45) is -0.563. The highest BCUT2D eigenvalue weighted by molar-refractivity contribution is 14.1. The number of oxazole rings is 2. The molecule has 0 saturated carbocycles. The molecule has 0 unspecified atom stereocenters. The number of halogens is 1. The van der Waals surface area contributed by atoms with Gasteiger partial charge in [0.25, 0.3) is 12.0 Å². The Hall–Kier alpha value is -7.21. The second-order valence-corrected chi connectivity index (χ2v) is 20.2. The molecule has 0 aliphatic carbocycles. The highest BCUT2D eigenvalue weighted by Gasteiger charge is 2.27. The van der Waals surface area contributed by atoms with Gasteiger partial charge in [0.2, 0.25) is 0 Å². The lowest BCUT2D eigenvalue weighted by Crippen LogP contribution is -2.49. The van der Waals surface area contributed by atoms with Crippen molar-refractivity contribution < 1.29 is 27.9 Å². The first-order valence-electron chi connectivity index (χ1n) is 24.0. The number of amides is 2. The minimum absolute atomic E-state index is 0.277. The van der Waals surface area contributed by atoms with Crippen LogP contribution >= 0.6 is 47.0 Å². The van der Waals surface area contributed by atoms with E-state index in [4.69, 9.17) is 23.3 Å². The van der Waals surface area contributed by atoms with E-state index in [0.29, 0.717) is 71.0 Å². The monoisotopic (exact) mass is 1120 g/mol. The summed E-state index contributed by atoms with van der Waals surface area (Å²) in [5.74, 6) is 0. The van der Waals surface area contributed by atoms with Crippen LogP contribution in [-0.2, 0) is 22.7 Å². The van der Waals surface area contributed by atoms with Gasteiger partial charge in [-0.15, -0.1) is 12.6 Å². The van der Waals surface area contributed by atoms with Crippen LogP contribution < -0.4 is 9.80 Å². The van der Waals surface area contributed by atoms with Crippen LogP contribution in [0.3, 0.4) is 0 Å². The summed E-state index contributed by atoms with van der Waals surface area (Å²) >= 11 is 8.34. The zero-order valence-corrected chi connectivity index (χ0v) is 43.6. The number of rotatable bonds is 8. The van der Waals surface area contributed by atoms with Crippen molar-refractivity contribution in [2.45, 2.75) is 27.9 Å². The fourth-order valence-corrected chi connectivity index (χ4v) is 10.3. The molecular formula is C58H51IN6O6S2. The standard InChI is InChI=1S/C29H25N3O3S.C19H18IN3O3.C10H8S/c33-29(34-20-21-7-2-1-3-8-21)32-17-15-31(16-18-32)28-30-25-19-23(13-14-26(25)35-28)36-27-12-6-10-22-9-4-5-11-24(22)27;20-15-6-7-17-16(12-15)21-18(26-17)22-8-10-23(11-9-22)19(24)25-13-14-4-2-1-3-5-14;11-10-7-3-5-8-4-1-2-6-9(8)10/h1-14,19H,15-18,20H2;1-7,12H,8-11,13H2;1-7,11H. The van der Waals surface area contributed by atoms with Gasteiger partial charge in [0, 0.05) is 70.6 Å². The second kappa shape index (κ2) is 23.6. The van der Waals surface area contributed by atoms with Crippen molar-refractivity contribution in [3.63, 3.8) is 0 Å². The molecule has 0 N–H and O–H groups in total. The Morgan fingerprint density at radius 2 is 0.986 bits per heavy atom. The van der Waals surface area contributed by atoms with Crippen LogP contribution in [0.2, 0.25) is 0 Å². The van der Waals surface area contributed by atoms with Gasteiger partial charge in [0.1, 0.15) is 24.2 Å². The van der Waals surface area contributed by atoms with Gasteiger partial charge in [0.05, 0.1) is 0 Å². The highest BCUT2D eigenvalue weighted by atomic mass is 127. The van der Waals surface area contributed by atoms with E-state index in [2.05, 4.69) is 123 Å². The van der Waals surface area contributed by atoms with Crippen LogP contribution in [0.1, 0.15) is 11.1 Å². The predicted octanol–water partition coefficient (Wildman–Crippen LogP) is 13.6. The van der Waals surface area contributed by atoms with Crippen molar-refractivity contribution >= 4 is 115 Å². The molecule has 0 atom stereocenters. The van der Waals surface area contributed by atoms with Crippen LogP contribution in [0, 0.1) is 3.57 Å². The summed E-state index contributed by atoms with van der Waals surface area (Å²) in [5, 5.41) is 4.94. The van der Waals surface area contributed by atoms with Gasteiger partial charge in [-0.1, -0.05) is 145 Å². The molecule has 12 rings (SSSR count). The van der Waals surface area contributed by atoms with E-state index in [1.165, 1.54) is 26.4 Å². The van der Waals surface area contributed by atoms with Gasteiger partial charge in [-0.25, -0.2) is 9.59 Å². The minimum atomic E-state index is -0.286. The highest BCUT2D eigenvalue weighted by Crippen LogP contribution is 2.36. The number of hydrogen-bond acceptors (Lipinski definition) is 12. The smallest absolute Gasteiger partial charge is 0.410 e. The predicted molar refractivity (Wildman–Crippen MR) is 301 cm³/mol. The normalized spacial score (nSPS) is 13.6. The number of carbonyl (C=O) groups is 2. The molecule has 2 aliphatic heterocycles. The van der Waals surface area contributed by atoms with Crippen molar-refractivity contribution in [1.29, 1.82) is 0 Å². The maximum Gasteiger partial charge on any atom is 0.410 e. The van der Waals surface area contributed by atoms with Crippen LogP contribution in [0.25, 0.3) is 43.7 Å². The number of piperazine rings is 2. The van der Waals surface area contributed by atoms with E-state index >= 15 is 0 Å². The summed E-state index contributed by atoms with van der Waals surface area (Å²) in [6.45, 7) is 5.51. The summed E-state index contributed by atoms with van der Waals surface area (Å²) in [4.78, 5) is 45.0. The lowest BCUT2D eigenvalue weighted by Gasteiger charge is -2.33. The first-order valence-corrected chi connectivity index (χ1v) is 26.3. The quantitative estimate of drug-likeness (QED) is 0.116. The molecule has 2 fully saturated rings. The summed E-state index contributed by atoms with van der Waals surface area (Å²) in [6, 6.07) is 61.8. The lowest BCUT2D eigenvalue weighted by molar-refractivity contribution is 0.0932. The average molecular weight is 1120 g/mol. The lowest BCUT2D eigenvalue weighted by atomic mass is 10.1. The Balaban J connectivity index is 0.000000143. The van der Waals surface area contributed by atoms with Gasteiger partial charge in [-0.05, 0) is 104 Å². The van der Waals surface area contributed by atoms with Crippen molar-refractivity contribution in [3.8, 4) is 0 Å². The second-order valence-electron chi connectivity index (χ2n) is 17.3. The molecule has 2 saturated heterocycles. The Morgan fingerprint density at radius 3 is 1.55 bits per heavy atom. The molecule has 4 heterocycles. The third-order valence-corrected chi connectivity index (χ3v) is 14.6. The van der Waals surface area contributed by atoms with Crippen molar-refractivity contribution in [2.24, 2.45) is 0 Å². The van der Waals surface area contributed by atoms with Gasteiger partial charge in [0.15, 0.2) is 11.2 Å². The Morgan fingerprint density at radius 1 is 0.521 bits per heavy atom. The number of anilines is 2. The SMILES string of the molecule is O=C(OCc1ccccc1)N1CCN(c2nc3cc(I)ccc3o2)CC1.O=C(OCc1ccccc1)N1CCN(c2nc3cc(Sc4cccc5ccccc45)ccc3o2)CC1.Sc1cccc2ccccc12. The molecule has 0 radical (unpaired) electrons. The van der Waals surface area contributed by atoms with Crippen molar-refractivity contribution in [2.75, 3.05) is 62.2 Å². The van der Waals surface area contributed by atoms with Crippen LogP contribution in [0.15, 0.2) is 206 Å². The summed E-state index contributed by atoms with van der Waals surface area (Å²) in [5.41, 5.74) is 5.20. The molecule has 12 nitrogen and oxygen atoms in total. The molecule has 0 spiro atoms. The number of aromatic nitrogens is 2. The number of ether oxygens (including phenoxy) is 2. The van der Waals surface area contributed by atoms with E-state index in [1.54, 1.807) is 21.6 Å². The van der Waals surface area contributed by atoms with E-state index < -0.39 is 0 Å². The van der Waals surface area contributed by atoms with Gasteiger partial charge >= 0.3 is 12.2 Å². The molecular weight excluding hydrogens is 1070 g/mol.